The minimum Gasteiger partial charge on any atom is -0.448 e. The minimum atomic E-state index is -1.01. The summed E-state index contributed by atoms with van der Waals surface area (Å²) in [4.78, 5) is 24.5. The summed E-state index contributed by atoms with van der Waals surface area (Å²) in [7, 11) is 0. The first-order valence-electron chi connectivity index (χ1n) is 9.56. The number of esters is 1. The van der Waals surface area contributed by atoms with E-state index < -0.39 is 18.0 Å². The maximum Gasteiger partial charge on any atom is 0.349 e. The van der Waals surface area contributed by atoms with Crippen LogP contribution in [0, 0.1) is 18.3 Å². The summed E-state index contributed by atoms with van der Waals surface area (Å²) < 4.78 is 5.17. The quantitative estimate of drug-likeness (QED) is 0.435. The first kappa shape index (κ1) is 21.9. The summed E-state index contributed by atoms with van der Waals surface area (Å²) in [5, 5.41) is 12.0. The lowest BCUT2D eigenvalue weighted by molar-refractivity contribution is -0.150. The van der Waals surface area contributed by atoms with E-state index in [0.717, 1.165) is 16.7 Å². The summed E-state index contributed by atoms with van der Waals surface area (Å²) in [6, 6.07) is 17.2. The van der Waals surface area contributed by atoms with Gasteiger partial charge in [0.05, 0.1) is 0 Å². The van der Waals surface area contributed by atoms with Crippen LogP contribution in [0.15, 0.2) is 54.1 Å². The second kappa shape index (κ2) is 10.2. The first-order valence-corrected chi connectivity index (χ1v) is 9.56. The molecule has 0 fully saturated rings. The Morgan fingerprint density at radius 2 is 1.69 bits per heavy atom. The van der Waals surface area contributed by atoms with E-state index in [4.69, 9.17) is 4.74 Å². The van der Waals surface area contributed by atoms with E-state index in [2.05, 4.69) is 19.2 Å². The molecule has 0 spiro atoms. The molecule has 0 aromatic heterocycles. The predicted molar refractivity (Wildman–Crippen MR) is 113 cm³/mol. The second-order valence-electron chi connectivity index (χ2n) is 7.24. The molecule has 0 aliphatic heterocycles. The monoisotopic (exact) mass is 390 g/mol. The van der Waals surface area contributed by atoms with E-state index in [1.165, 1.54) is 18.6 Å². The Labute approximate surface area is 172 Å². The largest absolute Gasteiger partial charge is 0.448 e. The van der Waals surface area contributed by atoms with Crippen molar-refractivity contribution >= 4 is 18.0 Å². The van der Waals surface area contributed by atoms with Gasteiger partial charge in [0.2, 0.25) is 0 Å². The van der Waals surface area contributed by atoms with E-state index in [9.17, 15) is 14.9 Å². The topological polar surface area (TPSA) is 79.2 Å². The lowest BCUT2D eigenvalue weighted by Crippen LogP contribution is -2.35. The number of aryl methyl sites for hydroxylation is 1. The Morgan fingerprint density at radius 3 is 2.24 bits per heavy atom. The molecule has 0 bridgehead atoms. The summed E-state index contributed by atoms with van der Waals surface area (Å²) >= 11 is 0. The standard InChI is InChI=1S/C24H26N2O3/c1-16(2)21-11-9-19(10-12-21)13-22(14-25)24(28)29-18(4)23(27)26-15-20-7-5-17(3)6-8-20/h5-13,16,18H,15H2,1-4H3,(H,26,27)/b22-13+/t18-/m0/s1. The number of hydrogen-bond donors (Lipinski definition) is 1. The Balaban J connectivity index is 1.95. The van der Waals surface area contributed by atoms with Crippen molar-refractivity contribution in [3.8, 4) is 6.07 Å². The molecule has 5 heteroatoms. The number of benzene rings is 2. The molecule has 2 rings (SSSR count). The fourth-order valence-corrected chi connectivity index (χ4v) is 2.60. The Kier molecular flexibility index (Phi) is 7.73. The van der Waals surface area contributed by atoms with E-state index in [0.29, 0.717) is 12.5 Å². The second-order valence-corrected chi connectivity index (χ2v) is 7.24. The zero-order valence-corrected chi connectivity index (χ0v) is 17.2. The number of rotatable bonds is 7. The van der Waals surface area contributed by atoms with Crippen LogP contribution in [0.5, 0.6) is 0 Å². The van der Waals surface area contributed by atoms with Crippen LogP contribution in [-0.2, 0) is 20.9 Å². The molecule has 0 aliphatic carbocycles. The molecule has 1 amide bonds. The third-order valence-corrected chi connectivity index (χ3v) is 4.49. The molecular weight excluding hydrogens is 364 g/mol. The number of nitriles is 1. The van der Waals surface area contributed by atoms with E-state index in [1.54, 1.807) is 0 Å². The molecule has 1 N–H and O–H groups in total. The van der Waals surface area contributed by atoms with Crippen LogP contribution in [0.25, 0.3) is 6.08 Å². The van der Waals surface area contributed by atoms with Gasteiger partial charge in [-0.15, -0.1) is 0 Å². The van der Waals surface area contributed by atoms with E-state index >= 15 is 0 Å². The normalized spacial score (nSPS) is 12.2. The number of carbonyl (C=O) groups excluding carboxylic acids is 2. The lowest BCUT2D eigenvalue weighted by atomic mass is 10.0. The molecule has 0 aliphatic rings. The van der Waals surface area contributed by atoms with Gasteiger partial charge in [-0.05, 0) is 42.5 Å². The third-order valence-electron chi connectivity index (χ3n) is 4.49. The van der Waals surface area contributed by atoms with Gasteiger partial charge in [-0.2, -0.15) is 5.26 Å². The van der Waals surface area contributed by atoms with Gasteiger partial charge in [-0.3, -0.25) is 4.79 Å². The van der Waals surface area contributed by atoms with Gasteiger partial charge in [0.15, 0.2) is 6.10 Å². The number of amides is 1. The molecule has 0 unspecified atom stereocenters. The number of nitrogens with zero attached hydrogens (tertiary/aromatic N) is 1. The van der Waals surface area contributed by atoms with Crippen molar-refractivity contribution in [2.75, 3.05) is 0 Å². The van der Waals surface area contributed by atoms with E-state index in [-0.39, 0.29) is 5.57 Å². The van der Waals surface area contributed by atoms with Gasteiger partial charge in [0.25, 0.3) is 5.91 Å². The van der Waals surface area contributed by atoms with Crippen molar-refractivity contribution in [1.29, 1.82) is 5.26 Å². The fourth-order valence-electron chi connectivity index (χ4n) is 2.60. The Hall–Kier alpha value is -3.39. The van der Waals surface area contributed by atoms with Gasteiger partial charge in [0.1, 0.15) is 11.6 Å². The summed E-state index contributed by atoms with van der Waals surface area (Å²) in [5.74, 6) is -0.844. The highest BCUT2D eigenvalue weighted by Crippen LogP contribution is 2.16. The number of carbonyl (C=O) groups is 2. The lowest BCUT2D eigenvalue weighted by Gasteiger charge is -2.13. The van der Waals surface area contributed by atoms with Gasteiger partial charge in [-0.25, -0.2) is 4.79 Å². The molecular formula is C24H26N2O3. The number of ether oxygens (including phenoxy) is 1. The predicted octanol–water partition coefficient (Wildman–Crippen LogP) is 4.27. The van der Waals surface area contributed by atoms with Crippen molar-refractivity contribution in [3.05, 3.63) is 76.4 Å². The smallest absolute Gasteiger partial charge is 0.349 e. The van der Waals surface area contributed by atoms with Crippen molar-refractivity contribution in [2.45, 2.75) is 46.3 Å². The molecule has 150 valence electrons. The SMILES string of the molecule is Cc1ccc(CNC(=O)[C@H](C)OC(=O)/C(C#N)=C/c2ccc(C(C)C)cc2)cc1. The van der Waals surface area contributed by atoms with Crippen LogP contribution in [0.3, 0.4) is 0 Å². The van der Waals surface area contributed by atoms with Crippen LogP contribution >= 0.6 is 0 Å². The molecule has 2 aromatic carbocycles. The summed E-state index contributed by atoms with van der Waals surface area (Å²) in [5.41, 5.74) is 3.82. The molecule has 0 radical (unpaired) electrons. The van der Waals surface area contributed by atoms with Crippen molar-refractivity contribution in [2.24, 2.45) is 0 Å². The Bertz CT molecular complexity index is 920. The molecule has 1 atom stereocenters. The van der Waals surface area contributed by atoms with Crippen LogP contribution in [-0.4, -0.2) is 18.0 Å². The number of hydrogen-bond acceptors (Lipinski definition) is 4. The maximum absolute atomic E-state index is 12.3. The molecule has 5 nitrogen and oxygen atoms in total. The van der Waals surface area contributed by atoms with Crippen molar-refractivity contribution < 1.29 is 14.3 Å². The summed E-state index contributed by atoms with van der Waals surface area (Å²) in [6.45, 7) is 7.99. The van der Waals surface area contributed by atoms with Gasteiger partial charge in [0, 0.05) is 6.54 Å². The molecule has 2 aromatic rings. The molecule has 0 saturated carbocycles. The average Bonchev–Trinajstić information content (AvgIpc) is 2.71. The maximum atomic E-state index is 12.3. The zero-order chi connectivity index (χ0) is 21.4. The van der Waals surface area contributed by atoms with Crippen molar-refractivity contribution in [3.63, 3.8) is 0 Å². The molecule has 0 saturated heterocycles. The zero-order valence-electron chi connectivity index (χ0n) is 17.2. The van der Waals surface area contributed by atoms with E-state index in [1.807, 2.05) is 61.5 Å². The van der Waals surface area contributed by atoms with Crippen LogP contribution in [0.2, 0.25) is 0 Å². The fraction of sp³-hybridized carbons (Fsp3) is 0.292. The number of nitrogens with one attached hydrogen (secondary N) is 1. The highest BCUT2D eigenvalue weighted by molar-refractivity contribution is 5.99. The van der Waals surface area contributed by atoms with Crippen LogP contribution in [0.1, 0.15) is 48.9 Å². The highest BCUT2D eigenvalue weighted by Gasteiger charge is 2.20. The minimum absolute atomic E-state index is 0.152. The van der Waals surface area contributed by atoms with Crippen molar-refractivity contribution in [1.82, 2.24) is 5.32 Å². The first-order chi connectivity index (χ1) is 13.8. The van der Waals surface area contributed by atoms with Gasteiger partial charge >= 0.3 is 5.97 Å². The molecule has 0 heterocycles. The summed E-state index contributed by atoms with van der Waals surface area (Å²) in [6.07, 6.45) is 0.455. The highest BCUT2D eigenvalue weighted by atomic mass is 16.5. The Morgan fingerprint density at radius 1 is 1.07 bits per heavy atom. The third kappa shape index (κ3) is 6.62. The van der Waals surface area contributed by atoms with Crippen LogP contribution in [0.4, 0.5) is 0 Å². The van der Waals surface area contributed by atoms with Gasteiger partial charge < -0.3 is 10.1 Å². The molecule has 29 heavy (non-hydrogen) atoms. The average molecular weight is 390 g/mol. The van der Waals surface area contributed by atoms with Crippen LogP contribution < -0.4 is 5.32 Å². The van der Waals surface area contributed by atoms with Gasteiger partial charge in [-0.1, -0.05) is 67.9 Å².